The van der Waals surface area contributed by atoms with Crippen molar-refractivity contribution in [3.05, 3.63) is 38.9 Å². The molecule has 0 aliphatic carbocycles. The lowest BCUT2D eigenvalue weighted by molar-refractivity contribution is -0.384. The standard InChI is InChI=1S/C9H7ClN2O3S/c10-6-1-5(2-7(3-6)12(14)15)9-11-8(13)4-16-9/h1-3,9H,4H2,(H,11,13). The molecule has 7 heteroatoms. The van der Waals surface area contributed by atoms with Crippen molar-refractivity contribution in [2.24, 2.45) is 0 Å². The molecule has 2 rings (SSSR count). The van der Waals surface area contributed by atoms with Gasteiger partial charge in [-0.05, 0) is 11.6 Å². The monoisotopic (exact) mass is 258 g/mol. The minimum absolute atomic E-state index is 0.0655. The molecule has 0 bridgehead atoms. The highest BCUT2D eigenvalue weighted by Crippen LogP contribution is 2.34. The van der Waals surface area contributed by atoms with E-state index in [2.05, 4.69) is 5.32 Å². The summed E-state index contributed by atoms with van der Waals surface area (Å²) in [6, 6.07) is 4.33. The lowest BCUT2D eigenvalue weighted by Gasteiger charge is -2.09. The van der Waals surface area contributed by atoms with Crippen molar-refractivity contribution in [2.45, 2.75) is 5.37 Å². The number of nitro benzene ring substituents is 1. The Bertz CT molecular complexity index is 466. The van der Waals surface area contributed by atoms with Gasteiger partial charge in [0.15, 0.2) is 0 Å². The number of halogens is 1. The Labute approximate surface area is 100 Å². The summed E-state index contributed by atoms with van der Waals surface area (Å²) in [5, 5.41) is 13.4. The van der Waals surface area contributed by atoms with Gasteiger partial charge in [0.05, 0.1) is 10.7 Å². The smallest absolute Gasteiger partial charge is 0.271 e. The molecule has 1 atom stereocenters. The Morgan fingerprint density at radius 3 is 2.81 bits per heavy atom. The molecule has 1 N–H and O–H groups in total. The van der Waals surface area contributed by atoms with E-state index in [1.807, 2.05) is 0 Å². The van der Waals surface area contributed by atoms with Crippen LogP contribution in [-0.4, -0.2) is 16.6 Å². The van der Waals surface area contributed by atoms with Crippen LogP contribution in [0, 0.1) is 10.1 Å². The van der Waals surface area contributed by atoms with E-state index in [4.69, 9.17) is 11.6 Å². The van der Waals surface area contributed by atoms with Crippen LogP contribution in [0.25, 0.3) is 0 Å². The number of rotatable bonds is 2. The summed E-state index contributed by atoms with van der Waals surface area (Å²) in [6.07, 6.45) is 0. The first kappa shape index (κ1) is 11.2. The third-order valence-corrected chi connectivity index (χ3v) is 3.46. The zero-order valence-electron chi connectivity index (χ0n) is 7.97. The number of nitrogens with zero attached hydrogens (tertiary/aromatic N) is 1. The van der Waals surface area contributed by atoms with Gasteiger partial charge in [0.1, 0.15) is 5.37 Å². The van der Waals surface area contributed by atoms with Crippen LogP contribution < -0.4 is 5.32 Å². The van der Waals surface area contributed by atoms with Gasteiger partial charge in [-0.1, -0.05) is 11.6 Å². The molecule has 84 valence electrons. The van der Waals surface area contributed by atoms with Gasteiger partial charge in [0, 0.05) is 17.2 Å². The molecule has 1 saturated heterocycles. The minimum atomic E-state index is -0.503. The van der Waals surface area contributed by atoms with Crippen molar-refractivity contribution in [1.29, 1.82) is 0 Å². The van der Waals surface area contributed by atoms with Crippen molar-refractivity contribution < 1.29 is 9.72 Å². The Hall–Kier alpha value is -1.27. The lowest BCUT2D eigenvalue weighted by atomic mass is 10.2. The second kappa shape index (κ2) is 4.31. The van der Waals surface area contributed by atoms with E-state index in [1.165, 1.54) is 23.9 Å². The van der Waals surface area contributed by atoms with Gasteiger partial charge in [-0.25, -0.2) is 0 Å². The average molecular weight is 259 g/mol. The van der Waals surface area contributed by atoms with E-state index in [9.17, 15) is 14.9 Å². The van der Waals surface area contributed by atoms with Crippen LogP contribution in [-0.2, 0) is 4.79 Å². The highest BCUT2D eigenvalue weighted by molar-refractivity contribution is 8.00. The molecule has 0 spiro atoms. The van der Waals surface area contributed by atoms with E-state index < -0.39 is 4.92 Å². The summed E-state index contributed by atoms with van der Waals surface area (Å²) in [4.78, 5) is 21.2. The molecule has 1 fully saturated rings. The Morgan fingerprint density at radius 2 is 2.25 bits per heavy atom. The van der Waals surface area contributed by atoms with Crippen LogP contribution in [0.15, 0.2) is 18.2 Å². The molecule has 1 heterocycles. The van der Waals surface area contributed by atoms with E-state index in [1.54, 1.807) is 6.07 Å². The highest BCUT2D eigenvalue weighted by Gasteiger charge is 2.24. The number of nitro groups is 1. The summed E-state index contributed by atoms with van der Waals surface area (Å²) in [5.74, 6) is 0.294. The van der Waals surface area contributed by atoms with Gasteiger partial charge in [-0.15, -0.1) is 11.8 Å². The SMILES string of the molecule is O=C1CSC(c2cc(Cl)cc([N+](=O)[O-])c2)N1. The van der Waals surface area contributed by atoms with Gasteiger partial charge in [0.25, 0.3) is 5.69 Å². The van der Waals surface area contributed by atoms with Crippen molar-refractivity contribution >= 4 is 35.0 Å². The summed E-state index contributed by atoms with van der Waals surface area (Å²) in [7, 11) is 0. The second-order valence-electron chi connectivity index (χ2n) is 3.26. The quantitative estimate of drug-likeness (QED) is 0.651. The van der Waals surface area contributed by atoms with Crippen molar-refractivity contribution in [3.8, 4) is 0 Å². The molecule has 0 aromatic heterocycles. The number of thioether (sulfide) groups is 1. The van der Waals surface area contributed by atoms with Crippen LogP contribution in [0.3, 0.4) is 0 Å². The molecule has 0 saturated carbocycles. The maximum atomic E-state index is 11.0. The number of amides is 1. The molecule has 0 radical (unpaired) electrons. The van der Waals surface area contributed by atoms with Crippen LogP contribution in [0.4, 0.5) is 5.69 Å². The van der Waals surface area contributed by atoms with Gasteiger partial charge in [-0.3, -0.25) is 14.9 Å². The Kier molecular flexibility index (Phi) is 3.02. The number of benzene rings is 1. The van der Waals surface area contributed by atoms with Gasteiger partial charge < -0.3 is 5.32 Å². The van der Waals surface area contributed by atoms with Crippen molar-refractivity contribution in [1.82, 2.24) is 5.32 Å². The summed E-state index contributed by atoms with van der Waals surface area (Å²) < 4.78 is 0. The summed E-state index contributed by atoms with van der Waals surface area (Å²) in [5.41, 5.74) is 0.583. The minimum Gasteiger partial charge on any atom is -0.339 e. The number of hydrogen-bond acceptors (Lipinski definition) is 4. The fraction of sp³-hybridized carbons (Fsp3) is 0.222. The molecule has 5 nitrogen and oxygen atoms in total. The number of carbonyl (C=O) groups excluding carboxylic acids is 1. The predicted molar refractivity (Wildman–Crippen MR) is 61.4 cm³/mol. The maximum absolute atomic E-state index is 11.0. The van der Waals surface area contributed by atoms with Crippen molar-refractivity contribution in [3.63, 3.8) is 0 Å². The van der Waals surface area contributed by atoms with Gasteiger partial charge >= 0.3 is 0 Å². The first-order valence-electron chi connectivity index (χ1n) is 4.42. The molecular formula is C9H7ClN2O3S. The normalized spacial score (nSPS) is 19.6. The number of nitrogens with one attached hydrogen (secondary N) is 1. The molecule has 1 aliphatic heterocycles. The van der Waals surface area contributed by atoms with E-state index in [-0.39, 0.29) is 17.0 Å². The zero-order valence-corrected chi connectivity index (χ0v) is 9.55. The molecular weight excluding hydrogens is 252 g/mol. The number of non-ortho nitro benzene ring substituents is 1. The fourth-order valence-corrected chi connectivity index (χ4v) is 2.60. The lowest BCUT2D eigenvalue weighted by Crippen LogP contribution is -2.18. The number of hydrogen-bond donors (Lipinski definition) is 1. The fourth-order valence-electron chi connectivity index (χ4n) is 1.42. The zero-order chi connectivity index (χ0) is 11.7. The van der Waals surface area contributed by atoms with Gasteiger partial charge in [-0.2, -0.15) is 0 Å². The molecule has 1 amide bonds. The highest BCUT2D eigenvalue weighted by atomic mass is 35.5. The molecule has 1 aromatic rings. The van der Waals surface area contributed by atoms with E-state index in [0.29, 0.717) is 16.3 Å². The third-order valence-electron chi connectivity index (χ3n) is 2.09. The van der Waals surface area contributed by atoms with Crippen molar-refractivity contribution in [2.75, 3.05) is 5.75 Å². The Morgan fingerprint density at radius 1 is 1.50 bits per heavy atom. The molecule has 16 heavy (non-hydrogen) atoms. The summed E-state index contributed by atoms with van der Waals surface area (Å²) >= 11 is 7.17. The van der Waals surface area contributed by atoms with Crippen LogP contribution in [0.2, 0.25) is 5.02 Å². The second-order valence-corrected chi connectivity index (χ2v) is 4.79. The first-order valence-corrected chi connectivity index (χ1v) is 5.85. The van der Waals surface area contributed by atoms with Gasteiger partial charge in [0.2, 0.25) is 5.91 Å². The van der Waals surface area contributed by atoms with Crippen LogP contribution in [0.1, 0.15) is 10.9 Å². The molecule has 1 aromatic carbocycles. The van der Waals surface area contributed by atoms with Crippen LogP contribution >= 0.6 is 23.4 Å². The third kappa shape index (κ3) is 2.28. The van der Waals surface area contributed by atoms with E-state index >= 15 is 0 Å². The first-order chi connectivity index (χ1) is 7.56. The topological polar surface area (TPSA) is 72.2 Å². The summed E-state index contributed by atoms with van der Waals surface area (Å²) in [6.45, 7) is 0. The predicted octanol–water partition coefficient (Wildman–Crippen LogP) is 2.11. The van der Waals surface area contributed by atoms with E-state index in [0.717, 1.165) is 0 Å². The largest absolute Gasteiger partial charge is 0.339 e. The Balaban J connectivity index is 2.34. The number of carbonyl (C=O) groups is 1. The van der Waals surface area contributed by atoms with Crippen LogP contribution in [0.5, 0.6) is 0 Å². The molecule has 1 unspecified atom stereocenters. The molecule has 1 aliphatic rings. The maximum Gasteiger partial charge on any atom is 0.271 e. The average Bonchev–Trinajstić information content (AvgIpc) is 2.64.